The average molecular weight is 353 g/mol. The Morgan fingerprint density at radius 1 is 1.12 bits per heavy atom. The first-order valence-corrected chi connectivity index (χ1v) is 8.96. The van der Waals surface area contributed by atoms with Gasteiger partial charge in [-0.3, -0.25) is 0 Å². The highest BCUT2D eigenvalue weighted by Crippen LogP contribution is 2.44. The molecular weight excluding hydrogens is 330 g/mol. The first kappa shape index (κ1) is 16.8. The van der Waals surface area contributed by atoms with Gasteiger partial charge in [0.1, 0.15) is 11.5 Å². The summed E-state index contributed by atoms with van der Waals surface area (Å²) in [5.41, 5.74) is 3.99. The number of hydrogen-bond acceptors (Lipinski definition) is 3. The molecule has 2 aliphatic rings. The number of carboxylic acid groups (broad SMARTS) is 1. The van der Waals surface area contributed by atoms with Gasteiger partial charge < -0.3 is 19.9 Å². The summed E-state index contributed by atoms with van der Waals surface area (Å²) in [6.07, 6.45) is 1.06. The Kier molecular flexibility index (Phi) is 4.02. The number of ether oxygens (including phenoxy) is 2. The summed E-state index contributed by atoms with van der Waals surface area (Å²) in [4.78, 5) is 11.2. The number of benzene rings is 2. The summed E-state index contributed by atoms with van der Waals surface area (Å²) in [6, 6.07) is 12.0. The van der Waals surface area contributed by atoms with Gasteiger partial charge in [0.15, 0.2) is 0 Å². The van der Waals surface area contributed by atoms with Crippen LogP contribution in [-0.2, 0) is 6.42 Å². The molecule has 0 aromatic heterocycles. The minimum absolute atomic E-state index is 0.297. The van der Waals surface area contributed by atoms with Gasteiger partial charge in [0, 0.05) is 11.0 Å². The second kappa shape index (κ2) is 6.24. The highest BCUT2D eigenvalue weighted by atomic mass is 16.5. The number of nitrogens with one attached hydrogen (secondary N) is 1. The standard InChI is InChI=1S/C21H23NO4/c1-21(2)12-26-18-11-14(5-7-16(18)19(21)22-20(23)24)13-6-8-17-15(10-13)4-3-9-25-17/h5-8,10-11,19,22H,3-4,9,12H2,1-2H3,(H,23,24). The molecule has 1 amide bonds. The Balaban J connectivity index is 1.70. The molecule has 136 valence electrons. The summed E-state index contributed by atoms with van der Waals surface area (Å²) in [6.45, 7) is 5.26. The third-order valence-corrected chi connectivity index (χ3v) is 5.22. The fraction of sp³-hybridized carbons (Fsp3) is 0.381. The molecule has 5 nitrogen and oxygen atoms in total. The summed E-state index contributed by atoms with van der Waals surface area (Å²) in [5.74, 6) is 1.72. The Bertz CT molecular complexity index is 859. The Morgan fingerprint density at radius 3 is 2.69 bits per heavy atom. The Hall–Kier alpha value is -2.69. The number of fused-ring (bicyclic) bond motifs is 2. The van der Waals surface area contributed by atoms with Crippen molar-refractivity contribution >= 4 is 6.09 Å². The minimum atomic E-state index is -1.02. The van der Waals surface area contributed by atoms with Crippen LogP contribution in [0.2, 0.25) is 0 Å². The van der Waals surface area contributed by atoms with E-state index in [2.05, 4.69) is 17.4 Å². The van der Waals surface area contributed by atoms with Crippen molar-refractivity contribution in [2.45, 2.75) is 32.7 Å². The smallest absolute Gasteiger partial charge is 0.405 e. The number of hydrogen-bond donors (Lipinski definition) is 2. The van der Waals surface area contributed by atoms with Gasteiger partial charge in [0.05, 0.1) is 19.3 Å². The Labute approximate surface area is 152 Å². The van der Waals surface area contributed by atoms with Crippen molar-refractivity contribution in [3.8, 4) is 22.6 Å². The SMILES string of the molecule is CC1(C)COc2cc(-c3ccc4c(c3)CCCO4)ccc2C1NC(=O)O. The van der Waals surface area contributed by atoms with Gasteiger partial charge in [-0.1, -0.05) is 32.0 Å². The number of aryl methyl sites for hydroxylation is 1. The van der Waals surface area contributed by atoms with Crippen LogP contribution in [0.3, 0.4) is 0 Å². The maximum absolute atomic E-state index is 11.2. The molecule has 26 heavy (non-hydrogen) atoms. The lowest BCUT2D eigenvalue weighted by molar-refractivity contribution is 0.0996. The third-order valence-electron chi connectivity index (χ3n) is 5.22. The first-order chi connectivity index (χ1) is 12.4. The van der Waals surface area contributed by atoms with E-state index in [9.17, 15) is 9.90 Å². The summed E-state index contributed by atoms with van der Waals surface area (Å²) in [5, 5.41) is 11.9. The van der Waals surface area contributed by atoms with Crippen molar-refractivity contribution in [2.75, 3.05) is 13.2 Å². The number of carbonyl (C=O) groups is 1. The molecule has 0 saturated carbocycles. The normalized spacial score (nSPS) is 20.2. The van der Waals surface area contributed by atoms with Gasteiger partial charge in [-0.2, -0.15) is 0 Å². The van der Waals surface area contributed by atoms with Gasteiger partial charge in [0.25, 0.3) is 0 Å². The monoisotopic (exact) mass is 353 g/mol. The second-order valence-electron chi connectivity index (χ2n) is 7.69. The third kappa shape index (κ3) is 2.98. The fourth-order valence-electron chi connectivity index (χ4n) is 3.78. The lowest BCUT2D eigenvalue weighted by Crippen LogP contribution is -2.43. The van der Waals surface area contributed by atoms with E-state index in [4.69, 9.17) is 9.47 Å². The van der Waals surface area contributed by atoms with Crippen LogP contribution in [-0.4, -0.2) is 24.4 Å². The molecule has 0 spiro atoms. The molecular formula is C21H23NO4. The second-order valence-corrected chi connectivity index (χ2v) is 7.69. The van der Waals surface area contributed by atoms with Crippen LogP contribution in [0.15, 0.2) is 36.4 Å². The number of amides is 1. The van der Waals surface area contributed by atoms with E-state index in [1.807, 2.05) is 38.1 Å². The summed E-state index contributed by atoms with van der Waals surface area (Å²) >= 11 is 0. The van der Waals surface area contributed by atoms with E-state index < -0.39 is 6.09 Å². The minimum Gasteiger partial charge on any atom is -0.493 e. The van der Waals surface area contributed by atoms with Gasteiger partial charge in [-0.15, -0.1) is 0 Å². The van der Waals surface area contributed by atoms with Crippen molar-refractivity contribution in [1.29, 1.82) is 0 Å². The van der Waals surface area contributed by atoms with Gasteiger partial charge >= 0.3 is 6.09 Å². The van der Waals surface area contributed by atoms with Crippen molar-refractivity contribution in [1.82, 2.24) is 5.32 Å². The average Bonchev–Trinajstić information content (AvgIpc) is 2.63. The lowest BCUT2D eigenvalue weighted by Gasteiger charge is -2.39. The van der Waals surface area contributed by atoms with E-state index >= 15 is 0 Å². The van der Waals surface area contributed by atoms with Gasteiger partial charge in [-0.25, -0.2) is 4.79 Å². The van der Waals surface area contributed by atoms with Crippen LogP contribution < -0.4 is 14.8 Å². The first-order valence-electron chi connectivity index (χ1n) is 8.96. The van der Waals surface area contributed by atoms with E-state index in [1.165, 1.54) is 5.56 Å². The molecule has 2 aromatic rings. The van der Waals surface area contributed by atoms with E-state index in [1.54, 1.807) is 0 Å². The van der Waals surface area contributed by atoms with Crippen molar-refractivity contribution < 1.29 is 19.4 Å². The van der Waals surface area contributed by atoms with Gasteiger partial charge in [0.2, 0.25) is 0 Å². The predicted octanol–water partition coefficient (Wildman–Crippen LogP) is 4.41. The van der Waals surface area contributed by atoms with Crippen molar-refractivity contribution in [3.05, 3.63) is 47.5 Å². The van der Waals surface area contributed by atoms with E-state index in [0.717, 1.165) is 47.6 Å². The largest absolute Gasteiger partial charge is 0.493 e. The highest BCUT2D eigenvalue weighted by molar-refractivity contribution is 5.70. The maximum atomic E-state index is 11.2. The predicted molar refractivity (Wildman–Crippen MR) is 98.9 cm³/mol. The Morgan fingerprint density at radius 2 is 1.88 bits per heavy atom. The lowest BCUT2D eigenvalue weighted by atomic mass is 9.78. The molecule has 0 fully saturated rings. The molecule has 0 bridgehead atoms. The van der Waals surface area contributed by atoms with Crippen LogP contribution >= 0.6 is 0 Å². The topological polar surface area (TPSA) is 67.8 Å². The van der Waals surface area contributed by atoms with Crippen LogP contribution in [0.1, 0.15) is 37.4 Å². The maximum Gasteiger partial charge on any atom is 0.405 e. The molecule has 0 radical (unpaired) electrons. The highest BCUT2D eigenvalue weighted by Gasteiger charge is 2.38. The van der Waals surface area contributed by atoms with Gasteiger partial charge in [-0.05, 0) is 47.7 Å². The quantitative estimate of drug-likeness (QED) is 0.839. The molecule has 0 saturated heterocycles. The molecule has 2 heterocycles. The summed E-state index contributed by atoms with van der Waals surface area (Å²) in [7, 11) is 0. The number of rotatable bonds is 2. The molecule has 4 rings (SSSR count). The van der Waals surface area contributed by atoms with Crippen molar-refractivity contribution in [3.63, 3.8) is 0 Å². The van der Waals surface area contributed by atoms with Crippen LogP contribution in [0, 0.1) is 5.41 Å². The van der Waals surface area contributed by atoms with Crippen LogP contribution in [0.5, 0.6) is 11.5 Å². The van der Waals surface area contributed by atoms with E-state index in [-0.39, 0.29) is 11.5 Å². The molecule has 1 atom stereocenters. The van der Waals surface area contributed by atoms with Crippen molar-refractivity contribution in [2.24, 2.45) is 5.41 Å². The molecule has 1 unspecified atom stereocenters. The molecule has 2 N–H and O–H groups in total. The fourth-order valence-corrected chi connectivity index (χ4v) is 3.78. The molecule has 0 aliphatic carbocycles. The van der Waals surface area contributed by atoms with Crippen LogP contribution in [0.4, 0.5) is 4.79 Å². The molecule has 2 aromatic carbocycles. The summed E-state index contributed by atoms with van der Waals surface area (Å²) < 4.78 is 11.7. The zero-order chi connectivity index (χ0) is 18.3. The molecule has 2 aliphatic heterocycles. The van der Waals surface area contributed by atoms with Crippen LogP contribution in [0.25, 0.3) is 11.1 Å². The van der Waals surface area contributed by atoms with E-state index in [0.29, 0.717) is 6.61 Å². The zero-order valence-corrected chi connectivity index (χ0v) is 15.0. The molecule has 5 heteroatoms. The zero-order valence-electron chi connectivity index (χ0n) is 15.0.